The molecular weight excluding hydrogens is 408 g/mol. The van der Waals surface area contributed by atoms with Crippen LogP contribution in [0.25, 0.3) is 0 Å². The number of hydrogen-bond acceptors (Lipinski definition) is 5. The lowest BCUT2D eigenvalue weighted by atomic mass is 10.2. The number of halogens is 1. The molecule has 9 nitrogen and oxygen atoms in total. The van der Waals surface area contributed by atoms with Crippen molar-refractivity contribution in [1.29, 1.82) is 0 Å². The van der Waals surface area contributed by atoms with Crippen LogP contribution < -0.4 is 10.1 Å². The van der Waals surface area contributed by atoms with Crippen molar-refractivity contribution in [3.8, 4) is 5.75 Å². The standard InChI is InChI=1S/C20H23ClN6O3/c1-5-27-18(20(29)25(3)4)17(11-22-27)23-19(28)16-8-9-26(24-16)12-30-14-6-7-15(21)13(2)10-14/h6-11H,5,12H2,1-4H3,(H,23,28). The van der Waals surface area contributed by atoms with E-state index in [2.05, 4.69) is 15.5 Å². The van der Waals surface area contributed by atoms with Gasteiger partial charge in [0.15, 0.2) is 12.4 Å². The smallest absolute Gasteiger partial charge is 0.276 e. The fourth-order valence-electron chi connectivity index (χ4n) is 2.74. The van der Waals surface area contributed by atoms with Crippen molar-refractivity contribution in [2.75, 3.05) is 19.4 Å². The number of nitrogens with one attached hydrogen (secondary N) is 1. The molecule has 2 aromatic heterocycles. The zero-order valence-corrected chi connectivity index (χ0v) is 18.0. The van der Waals surface area contributed by atoms with Gasteiger partial charge < -0.3 is 15.0 Å². The van der Waals surface area contributed by atoms with E-state index in [1.807, 2.05) is 19.9 Å². The highest BCUT2D eigenvalue weighted by Crippen LogP contribution is 2.21. The van der Waals surface area contributed by atoms with Gasteiger partial charge in [0.2, 0.25) is 0 Å². The zero-order chi connectivity index (χ0) is 21.8. The maximum absolute atomic E-state index is 12.6. The number of aryl methyl sites for hydroxylation is 2. The van der Waals surface area contributed by atoms with Gasteiger partial charge in [0.25, 0.3) is 11.8 Å². The van der Waals surface area contributed by atoms with Crippen LogP contribution in [-0.2, 0) is 13.3 Å². The topological polar surface area (TPSA) is 94.3 Å². The number of hydrogen-bond donors (Lipinski definition) is 1. The molecule has 1 aromatic carbocycles. The maximum atomic E-state index is 12.6. The van der Waals surface area contributed by atoms with E-state index in [0.717, 1.165) is 5.56 Å². The third-order valence-electron chi connectivity index (χ3n) is 4.36. The molecule has 0 atom stereocenters. The number of aromatic nitrogens is 4. The Kier molecular flexibility index (Phi) is 6.41. The highest BCUT2D eigenvalue weighted by Gasteiger charge is 2.22. The van der Waals surface area contributed by atoms with Crippen LogP contribution in [0.2, 0.25) is 5.02 Å². The second kappa shape index (κ2) is 9.00. The average molecular weight is 431 g/mol. The molecule has 0 unspecified atom stereocenters. The van der Waals surface area contributed by atoms with Crippen LogP contribution in [0, 0.1) is 6.92 Å². The lowest BCUT2D eigenvalue weighted by Gasteiger charge is -2.13. The summed E-state index contributed by atoms with van der Waals surface area (Å²) in [6.07, 6.45) is 3.10. The molecule has 2 amide bonds. The van der Waals surface area contributed by atoms with E-state index in [4.69, 9.17) is 16.3 Å². The molecule has 0 aliphatic rings. The van der Waals surface area contributed by atoms with Gasteiger partial charge in [0, 0.05) is 31.9 Å². The van der Waals surface area contributed by atoms with Gasteiger partial charge in [0.1, 0.15) is 11.4 Å². The summed E-state index contributed by atoms with van der Waals surface area (Å²) in [4.78, 5) is 26.5. The average Bonchev–Trinajstić information content (AvgIpc) is 3.35. The van der Waals surface area contributed by atoms with Gasteiger partial charge >= 0.3 is 0 Å². The summed E-state index contributed by atoms with van der Waals surface area (Å²) in [6, 6.07) is 6.93. The summed E-state index contributed by atoms with van der Waals surface area (Å²) in [5.41, 5.74) is 1.75. The molecule has 0 radical (unpaired) electrons. The molecule has 2 heterocycles. The van der Waals surface area contributed by atoms with E-state index in [1.165, 1.54) is 15.8 Å². The third kappa shape index (κ3) is 4.62. The summed E-state index contributed by atoms with van der Waals surface area (Å²) in [7, 11) is 3.29. The minimum Gasteiger partial charge on any atom is -0.471 e. The molecule has 0 fully saturated rings. The Balaban J connectivity index is 1.69. The molecule has 0 aliphatic carbocycles. The third-order valence-corrected chi connectivity index (χ3v) is 4.79. The van der Waals surface area contributed by atoms with Crippen molar-refractivity contribution < 1.29 is 14.3 Å². The Morgan fingerprint density at radius 3 is 2.70 bits per heavy atom. The number of carbonyl (C=O) groups is 2. The first kappa shape index (κ1) is 21.4. The number of ether oxygens (including phenoxy) is 1. The maximum Gasteiger partial charge on any atom is 0.276 e. The number of nitrogens with zero attached hydrogens (tertiary/aromatic N) is 5. The number of carbonyl (C=O) groups excluding carboxylic acids is 2. The molecule has 0 spiro atoms. The van der Waals surface area contributed by atoms with Crippen LogP contribution in [0.15, 0.2) is 36.7 Å². The lowest BCUT2D eigenvalue weighted by Crippen LogP contribution is -2.26. The quantitative estimate of drug-likeness (QED) is 0.621. The molecule has 3 aromatic rings. The van der Waals surface area contributed by atoms with Crippen LogP contribution in [0.3, 0.4) is 0 Å². The monoisotopic (exact) mass is 430 g/mol. The van der Waals surface area contributed by atoms with Gasteiger partial charge in [-0.05, 0) is 43.7 Å². The minimum absolute atomic E-state index is 0.131. The zero-order valence-electron chi connectivity index (χ0n) is 17.2. The van der Waals surface area contributed by atoms with E-state index in [9.17, 15) is 9.59 Å². The molecule has 158 valence electrons. The Bertz CT molecular complexity index is 1070. The molecule has 10 heteroatoms. The molecule has 30 heavy (non-hydrogen) atoms. The van der Waals surface area contributed by atoms with Crippen LogP contribution in [-0.4, -0.2) is 50.4 Å². The van der Waals surface area contributed by atoms with Crippen LogP contribution >= 0.6 is 11.6 Å². The van der Waals surface area contributed by atoms with Gasteiger partial charge in [-0.25, -0.2) is 4.68 Å². The Morgan fingerprint density at radius 1 is 1.27 bits per heavy atom. The number of rotatable bonds is 7. The molecular formula is C20H23ClN6O3. The molecule has 0 bridgehead atoms. The lowest BCUT2D eigenvalue weighted by molar-refractivity contribution is 0.0816. The van der Waals surface area contributed by atoms with Gasteiger partial charge in [0.05, 0.1) is 11.9 Å². The Morgan fingerprint density at radius 2 is 2.03 bits per heavy atom. The van der Waals surface area contributed by atoms with Gasteiger partial charge in [-0.3, -0.25) is 14.3 Å². The highest BCUT2D eigenvalue weighted by molar-refractivity contribution is 6.31. The van der Waals surface area contributed by atoms with Gasteiger partial charge in [-0.1, -0.05) is 11.6 Å². The second-order valence-electron chi connectivity index (χ2n) is 6.80. The van der Waals surface area contributed by atoms with Crippen LogP contribution in [0.5, 0.6) is 5.75 Å². The summed E-state index contributed by atoms with van der Waals surface area (Å²) < 4.78 is 8.72. The predicted molar refractivity (Wildman–Crippen MR) is 113 cm³/mol. The SMILES string of the molecule is CCn1ncc(NC(=O)c2ccn(COc3ccc(Cl)c(C)c3)n2)c1C(=O)N(C)C. The van der Waals surface area contributed by atoms with Crippen molar-refractivity contribution in [3.63, 3.8) is 0 Å². The van der Waals surface area contributed by atoms with Crippen molar-refractivity contribution in [3.05, 3.63) is 58.6 Å². The summed E-state index contributed by atoms with van der Waals surface area (Å²) >= 11 is 6.01. The number of amides is 2. The fourth-order valence-corrected chi connectivity index (χ4v) is 2.86. The predicted octanol–water partition coefficient (Wildman–Crippen LogP) is 3.05. The van der Waals surface area contributed by atoms with Gasteiger partial charge in [-0.2, -0.15) is 10.2 Å². The first-order chi connectivity index (χ1) is 14.3. The Hall–Kier alpha value is -3.33. The molecule has 0 saturated carbocycles. The van der Waals surface area contributed by atoms with Crippen LogP contribution in [0.4, 0.5) is 5.69 Å². The van der Waals surface area contributed by atoms with Crippen molar-refractivity contribution in [2.45, 2.75) is 27.1 Å². The highest BCUT2D eigenvalue weighted by atomic mass is 35.5. The van der Waals surface area contributed by atoms with Gasteiger partial charge in [-0.15, -0.1) is 0 Å². The van der Waals surface area contributed by atoms with E-state index in [-0.39, 0.29) is 18.3 Å². The molecule has 3 rings (SSSR count). The summed E-state index contributed by atoms with van der Waals surface area (Å²) in [5.74, 6) is -0.0430. The largest absolute Gasteiger partial charge is 0.471 e. The molecule has 1 N–H and O–H groups in total. The fraction of sp³-hybridized carbons (Fsp3) is 0.300. The minimum atomic E-state index is -0.445. The van der Waals surface area contributed by atoms with E-state index >= 15 is 0 Å². The first-order valence-corrected chi connectivity index (χ1v) is 9.69. The first-order valence-electron chi connectivity index (χ1n) is 9.31. The second-order valence-corrected chi connectivity index (χ2v) is 7.21. The van der Waals surface area contributed by atoms with Crippen molar-refractivity contribution >= 4 is 29.1 Å². The van der Waals surface area contributed by atoms with Crippen molar-refractivity contribution in [1.82, 2.24) is 24.5 Å². The molecule has 0 aliphatic heterocycles. The Labute approximate surface area is 179 Å². The summed E-state index contributed by atoms with van der Waals surface area (Å²) in [5, 5.41) is 11.8. The normalized spacial score (nSPS) is 10.7. The number of anilines is 1. The summed E-state index contributed by atoms with van der Waals surface area (Å²) in [6.45, 7) is 4.39. The van der Waals surface area contributed by atoms with E-state index in [0.29, 0.717) is 28.7 Å². The number of benzene rings is 1. The molecule has 0 saturated heterocycles. The van der Waals surface area contributed by atoms with Crippen molar-refractivity contribution in [2.24, 2.45) is 0 Å². The van der Waals surface area contributed by atoms with Crippen LogP contribution in [0.1, 0.15) is 33.5 Å². The van der Waals surface area contributed by atoms with E-state index in [1.54, 1.807) is 43.2 Å². The van der Waals surface area contributed by atoms with E-state index < -0.39 is 5.91 Å².